The fourth-order valence-corrected chi connectivity index (χ4v) is 2.58. The summed E-state index contributed by atoms with van der Waals surface area (Å²) in [5.74, 6) is -1.23. The van der Waals surface area contributed by atoms with Crippen LogP contribution in [0, 0.1) is 17.6 Å². The maximum Gasteiger partial charge on any atom is 0.322 e. The second-order valence-electron chi connectivity index (χ2n) is 6.66. The molecule has 3 atom stereocenters. The van der Waals surface area contributed by atoms with Crippen LogP contribution >= 0.6 is 0 Å². The van der Waals surface area contributed by atoms with Gasteiger partial charge in [0, 0.05) is 5.92 Å². The van der Waals surface area contributed by atoms with E-state index in [0.717, 1.165) is 11.1 Å². The Hall–Kier alpha value is -2.31. The van der Waals surface area contributed by atoms with E-state index in [4.69, 9.17) is 15.2 Å². The normalized spacial score (nSPS) is 14.4. The number of esters is 1. The predicted octanol–water partition coefficient (Wildman–Crippen LogP) is 3.62. The van der Waals surface area contributed by atoms with Crippen molar-refractivity contribution in [1.29, 1.82) is 0 Å². The predicted molar refractivity (Wildman–Crippen MR) is 98.9 cm³/mol. The summed E-state index contributed by atoms with van der Waals surface area (Å²) in [6.45, 7) is 3.99. The Labute approximate surface area is 158 Å². The van der Waals surface area contributed by atoms with E-state index in [0.29, 0.717) is 19.6 Å². The largest absolute Gasteiger partial charge is 0.461 e. The molecule has 0 amide bonds. The number of hydrogen-bond acceptors (Lipinski definition) is 4. The van der Waals surface area contributed by atoms with Crippen LogP contribution < -0.4 is 5.73 Å². The molecular weight excluding hydrogens is 352 g/mol. The van der Waals surface area contributed by atoms with Gasteiger partial charge in [0.2, 0.25) is 0 Å². The number of rotatable bonds is 9. The Morgan fingerprint density at radius 1 is 0.963 bits per heavy atom. The van der Waals surface area contributed by atoms with Crippen LogP contribution in [0.2, 0.25) is 0 Å². The van der Waals surface area contributed by atoms with E-state index in [1.165, 1.54) is 24.3 Å². The molecule has 0 aliphatic heterocycles. The average molecular weight is 377 g/mol. The molecular formula is C21H25F2NO3. The lowest BCUT2D eigenvalue weighted by Crippen LogP contribution is -2.36. The molecule has 0 bridgehead atoms. The molecule has 4 nitrogen and oxygen atoms in total. The first-order valence-corrected chi connectivity index (χ1v) is 8.88. The lowest BCUT2D eigenvalue weighted by molar-refractivity contribution is -0.153. The van der Waals surface area contributed by atoms with Crippen LogP contribution in [0.15, 0.2) is 48.5 Å². The highest BCUT2D eigenvalue weighted by molar-refractivity contribution is 5.75. The van der Waals surface area contributed by atoms with Crippen molar-refractivity contribution in [2.75, 3.05) is 6.61 Å². The van der Waals surface area contributed by atoms with Crippen molar-refractivity contribution >= 4 is 5.97 Å². The second kappa shape index (κ2) is 10.1. The molecule has 0 spiro atoms. The molecule has 146 valence electrons. The van der Waals surface area contributed by atoms with Gasteiger partial charge in [-0.2, -0.15) is 0 Å². The highest BCUT2D eigenvalue weighted by Crippen LogP contribution is 2.18. The fraction of sp³-hybridized carbons (Fsp3) is 0.381. The molecule has 0 aliphatic rings. The van der Waals surface area contributed by atoms with Crippen molar-refractivity contribution in [2.45, 2.75) is 39.0 Å². The number of nitrogens with two attached hydrogens (primary N) is 1. The van der Waals surface area contributed by atoms with Gasteiger partial charge in [-0.05, 0) is 55.7 Å². The van der Waals surface area contributed by atoms with Crippen LogP contribution in [0.4, 0.5) is 8.78 Å². The minimum Gasteiger partial charge on any atom is -0.461 e. The lowest BCUT2D eigenvalue weighted by atomic mass is 9.95. The monoisotopic (exact) mass is 377 g/mol. The molecule has 0 saturated heterocycles. The molecule has 0 saturated carbocycles. The van der Waals surface area contributed by atoms with E-state index in [-0.39, 0.29) is 17.6 Å². The number of carbonyl (C=O) groups is 1. The standard InChI is InChI=1S/C21H25F2NO3/c1-14(24)21(25)27-15(2)18(11-16-3-7-19(22)8-4-16)13-26-12-17-5-9-20(23)10-6-17/h3-10,14-15,18H,11-13,24H2,1-2H3/t14-,15-,18+/m0/s1. The summed E-state index contributed by atoms with van der Waals surface area (Å²) < 4.78 is 37.3. The van der Waals surface area contributed by atoms with Crippen molar-refractivity contribution in [1.82, 2.24) is 0 Å². The van der Waals surface area contributed by atoms with Crippen molar-refractivity contribution in [3.63, 3.8) is 0 Å². The van der Waals surface area contributed by atoms with Crippen LogP contribution in [-0.4, -0.2) is 24.7 Å². The number of carbonyl (C=O) groups excluding carboxylic acids is 1. The van der Waals surface area contributed by atoms with Crippen LogP contribution in [0.3, 0.4) is 0 Å². The van der Waals surface area contributed by atoms with Crippen molar-refractivity contribution in [3.05, 3.63) is 71.3 Å². The van der Waals surface area contributed by atoms with E-state index >= 15 is 0 Å². The van der Waals surface area contributed by atoms with E-state index < -0.39 is 18.1 Å². The van der Waals surface area contributed by atoms with Crippen LogP contribution in [0.25, 0.3) is 0 Å². The summed E-state index contributed by atoms with van der Waals surface area (Å²) in [5.41, 5.74) is 7.32. The third kappa shape index (κ3) is 7.07. The number of benzene rings is 2. The molecule has 0 aromatic heterocycles. The summed E-state index contributed by atoms with van der Waals surface area (Å²) in [7, 11) is 0. The van der Waals surface area contributed by atoms with Gasteiger partial charge in [-0.15, -0.1) is 0 Å². The minimum atomic E-state index is -0.709. The number of halogens is 2. The summed E-state index contributed by atoms with van der Waals surface area (Å²) >= 11 is 0. The van der Waals surface area contributed by atoms with Gasteiger partial charge in [-0.1, -0.05) is 24.3 Å². The van der Waals surface area contributed by atoms with Gasteiger partial charge in [0.1, 0.15) is 23.8 Å². The smallest absolute Gasteiger partial charge is 0.322 e. The number of hydrogen-bond donors (Lipinski definition) is 1. The van der Waals surface area contributed by atoms with E-state index in [9.17, 15) is 13.6 Å². The van der Waals surface area contributed by atoms with Gasteiger partial charge in [0.15, 0.2) is 0 Å². The SMILES string of the molecule is C[C@H](N)C(=O)O[C@@H](C)[C@@H](COCc1ccc(F)cc1)Cc1ccc(F)cc1. The first-order valence-electron chi connectivity index (χ1n) is 8.88. The molecule has 2 N–H and O–H groups in total. The van der Waals surface area contributed by atoms with Crippen LogP contribution in [-0.2, 0) is 27.3 Å². The minimum absolute atomic E-state index is 0.140. The van der Waals surface area contributed by atoms with Crippen LogP contribution in [0.1, 0.15) is 25.0 Å². The maximum atomic E-state index is 13.1. The molecule has 0 heterocycles. The topological polar surface area (TPSA) is 61.6 Å². The molecule has 2 aromatic rings. The average Bonchev–Trinajstić information content (AvgIpc) is 2.64. The Morgan fingerprint density at radius 2 is 1.48 bits per heavy atom. The summed E-state index contributed by atoms with van der Waals surface area (Å²) in [4.78, 5) is 11.8. The Bertz CT molecular complexity index is 717. The molecule has 2 rings (SSSR count). The molecule has 2 aromatic carbocycles. The molecule has 6 heteroatoms. The molecule has 0 aliphatic carbocycles. The van der Waals surface area contributed by atoms with E-state index in [1.807, 2.05) is 0 Å². The summed E-state index contributed by atoms with van der Waals surface area (Å²) in [6, 6.07) is 11.5. The zero-order valence-corrected chi connectivity index (χ0v) is 15.5. The third-order valence-electron chi connectivity index (χ3n) is 4.26. The first-order chi connectivity index (χ1) is 12.8. The highest BCUT2D eigenvalue weighted by Gasteiger charge is 2.23. The quantitative estimate of drug-likeness (QED) is 0.678. The van der Waals surface area contributed by atoms with E-state index in [2.05, 4.69) is 0 Å². The maximum absolute atomic E-state index is 13.1. The van der Waals surface area contributed by atoms with Gasteiger partial charge in [-0.3, -0.25) is 4.79 Å². The molecule has 0 fully saturated rings. The van der Waals surface area contributed by atoms with Crippen molar-refractivity contribution < 1.29 is 23.0 Å². The zero-order valence-electron chi connectivity index (χ0n) is 15.5. The Kier molecular flexibility index (Phi) is 7.88. The second-order valence-corrected chi connectivity index (χ2v) is 6.66. The van der Waals surface area contributed by atoms with E-state index in [1.54, 1.807) is 38.1 Å². The Morgan fingerprint density at radius 3 is 2.00 bits per heavy atom. The molecule has 27 heavy (non-hydrogen) atoms. The van der Waals surface area contributed by atoms with Gasteiger partial charge in [0.05, 0.1) is 13.2 Å². The van der Waals surface area contributed by atoms with Crippen molar-refractivity contribution in [3.8, 4) is 0 Å². The highest BCUT2D eigenvalue weighted by atomic mass is 19.1. The van der Waals surface area contributed by atoms with Gasteiger partial charge >= 0.3 is 5.97 Å². The Balaban J connectivity index is 1.99. The third-order valence-corrected chi connectivity index (χ3v) is 4.26. The van der Waals surface area contributed by atoms with Gasteiger partial charge in [0.25, 0.3) is 0 Å². The number of ether oxygens (including phenoxy) is 2. The summed E-state index contributed by atoms with van der Waals surface area (Å²) in [6.07, 6.45) is 0.124. The van der Waals surface area contributed by atoms with Crippen LogP contribution in [0.5, 0.6) is 0 Å². The zero-order chi connectivity index (χ0) is 19.8. The van der Waals surface area contributed by atoms with Crippen molar-refractivity contribution in [2.24, 2.45) is 11.7 Å². The first kappa shape index (κ1) is 21.0. The van der Waals surface area contributed by atoms with Gasteiger partial charge < -0.3 is 15.2 Å². The summed E-state index contributed by atoms with van der Waals surface area (Å²) in [5, 5.41) is 0. The lowest BCUT2D eigenvalue weighted by Gasteiger charge is -2.25. The van der Waals surface area contributed by atoms with Gasteiger partial charge in [-0.25, -0.2) is 8.78 Å². The molecule has 0 unspecified atom stereocenters. The molecule has 0 radical (unpaired) electrons. The fourth-order valence-electron chi connectivity index (χ4n) is 2.58.